The molecule has 0 saturated heterocycles. The number of hydrogen-bond acceptors (Lipinski definition) is 5. The Morgan fingerprint density at radius 3 is 0.934 bits per heavy atom. The fourth-order valence-electron chi connectivity index (χ4n) is 10.9. The predicted molar refractivity (Wildman–Crippen MR) is 333 cm³/mol. The lowest BCUT2D eigenvalue weighted by Gasteiger charge is -2.22. The molecule has 6 heteroatoms. The van der Waals surface area contributed by atoms with E-state index < -0.39 is 12.1 Å². The lowest BCUT2D eigenvalue weighted by molar-refractivity contribution is -0.143. The second-order valence-electron chi connectivity index (χ2n) is 23.9. The van der Waals surface area contributed by atoms with Gasteiger partial charge in [-0.25, -0.2) is 0 Å². The van der Waals surface area contributed by atoms with Crippen LogP contribution in [0.25, 0.3) is 0 Å². The Hall–Kier alpha value is -1.66. The Kier molecular flexibility index (Phi) is 64.4. The van der Waals surface area contributed by atoms with E-state index in [2.05, 4.69) is 43.5 Å². The zero-order valence-corrected chi connectivity index (χ0v) is 51.5. The summed E-state index contributed by atoms with van der Waals surface area (Å²) < 4.78 is 5.50. The van der Waals surface area contributed by atoms with E-state index >= 15 is 0 Å². The first kappa shape index (κ1) is 74.3. The second kappa shape index (κ2) is 65.9. The number of unbranched alkanes of at least 4 members (excludes halogenated alkanes) is 50. The maximum absolute atomic E-state index is 12.5. The maximum atomic E-state index is 12.5. The Morgan fingerprint density at radius 1 is 0.355 bits per heavy atom. The molecule has 0 aromatic carbocycles. The van der Waals surface area contributed by atoms with Crippen molar-refractivity contribution in [2.75, 3.05) is 13.2 Å². The minimum atomic E-state index is -0.666. The second-order valence-corrected chi connectivity index (χ2v) is 23.9. The Balaban J connectivity index is 3.38. The number of carbonyl (C=O) groups is 2. The molecule has 450 valence electrons. The van der Waals surface area contributed by atoms with Gasteiger partial charge in [-0.05, 0) is 77.0 Å². The summed E-state index contributed by atoms with van der Waals surface area (Å²) in [4.78, 5) is 24.6. The number of rotatable bonds is 65. The lowest BCUT2D eigenvalue weighted by atomic mass is 10.0. The largest absolute Gasteiger partial charge is 0.466 e. The minimum absolute atomic E-state index is 0.0109. The van der Waals surface area contributed by atoms with Crippen LogP contribution in [0.3, 0.4) is 0 Å². The Bertz CT molecular complexity index is 1190. The van der Waals surface area contributed by atoms with Gasteiger partial charge in [-0.15, -0.1) is 0 Å². The fourth-order valence-corrected chi connectivity index (χ4v) is 10.9. The Labute approximate surface area is 475 Å². The van der Waals surface area contributed by atoms with E-state index in [1.807, 2.05) is 0 Å². The summed E-state index contributed by atoms with van der Waals surface area (Å²) in [6.45, 7) is 4.98. The van der Waals surface area contributed by atoms with Crippen LogP contribution in [-0.2, 0) is 14.3 Å². The van der Waals surface area contributed by atoms with Crippen LogP contribution < -0.4 is 5.32 Å². The van der Waals surface area contributed by atoms with Crippen LogP contribution in [0.15, 0.2) is 24.3 Å². The van der Waals surface area contributed by atoms with Crippen LogP contribution in [0.5, 0.6) is 0 Å². The molecule has 0 rings (SSSR count). The number of esters is 1. The number of aliphatic hydroxyl groups excluding tert-OH is 2. The number of allylic oxidation sites excluding steroid dienone is 4. The van der Waals surface area contributed by atoms with Gasteiger partial charge in [-0.3, -0.25) is 9.59 Å². The van der Waals surface area contributed by atoms with E-state index in [-0.39, 0.29) is 18.5 Å². The molecule has 0 fully saturated rings. The van der Waals surface area contributed by atoms with Gasteiger partial charge in [0.05, 0.1) is 25.4 Å². The van der Waals surface area contributed by atoms with Gasteiger partial charge in [0.15, 0.2) is 0 Å². The topological polar surface area (TPSA) is 95.9 Å². The quantitative estimate of drug-likeness (QED) is 0.0320. The number of hydrogen-bond donors (Lipinski definition) is 3. The molecule has 0 heterocycles. The fraction of sp³-hybridized carbons (Fsp3) is 0.914. The van der Waals surface area contributed by atoms with Gasteiger partial charge in [-0.2, -0.15) is 0 Å². The van der Waals surface area contributed by atoms with Crippen LogP contribution in [0.4, 0.5) is 0 Å². The van der Waals surface area contributed by atoms with Crippen molar-refractivity contribution >= 4 is 11.9 Å². The van der Waals surface area contributed by atoms with Crippen molar-refractivity contribution in [1.29, 1.82) is 0 Å². The standard InChI is InChI=1S/C70H135NO5/c1-3-5-7-9-11-13-15-17-19-30-34-38-42-46-50-54-58-62-68(73)67(66-72)71-69(74)63-59-55-51-47-43-39-35-32-28-26-24-22-21-23-25-27-29-33-37-41-45-49-53-57-61-65-76-70(75)64-60-56-52-48-44-40-36-31-20-18-16-14-12-10-8-6-4-2/h18,20,22,24,67-68,72-73H,3-17,19,21,23,25-66H2,1-2H3,(H,71,74)/b20-18-,24-22-. The molecule has 0 aromatic rings. The monoisotopic (exact) mass is 1070 g/mol. The van der Waals surface area contributed by atoms with Crippen molar-refractivity contribution in [3.63, 3.8) is 0 Å². The van der Waals surface area contributed by atoms with Crippen molar-refractivity contribution in [2.45, 2.75) is 398 Å². The van der Waals surface area contributed by atoms with E-state index in [0.29, 0.717) is 25.9 Å². The summed E-state index contributed by atoms with van der Waals surface area (Å²) in [7, 11) is 0. The molecule has 0 aliphatic carbocycles. The van der Waals surface area contributed by atoms with E-state index in [1.165, 1.54) is 308 Å². The summed E-state index contributed by atoms with van der Waals surface area (Å²) >= 11 is 0. The molecular formula is C70H135NO5. The van der Waals surface area contributed by atoms with E-state index in [9.17, 15) is 19.8 Å². The average Bonchev–Trinajstić information content (AvgIpc) is 3.42. The maximum Gasteiger partial charge on any atom is 0.305 e. The van der Waals surface area contributed by atoms with Crippen molar-refractivity contribution in [1.82, 2.24) is 5.32 Å². The molecule has 0 spiro atoms. The van der Waals surface area contributed by atoms with Gasteiger partial charge in [0.1, 0.15) is 0 Å². The predicted octanol–water partition coefficient (Wildman–Crippen LogP) is 22.1. The van der Waals surface area contributed by atoms with Gasteiger partial charge in [0.2, 0.25) is 5.91 Å². The van der Waals surface area contributed by atoms with Crippen LogP contribution >= 0.6 is 0 Å². The first-order valence-corrected chi connectivity index (χ1v) is 34.6. The molecule has 3 N–H and O–H groups in total. The van der Waals surface area contributed by atoms with Gasteiger partial charge < -0.3 is 20.3 Å². The van der Waals surface area contributed by atoms with Crippen molar-refractivity contribution in [3.05, 3.63) is 24.3 Å². The number of carbonyl (C=O) groups excluding carboxylic acids is 2. The summed E-state index contributed by atoms with van der Waals surface area (Å²) in [5.74, 6) is -0.0240. The molecule has 2 atom stereocenters. The third-order valence-corrected chi connectivity index (χ3v) is 16.2. The molecule has 0 bridgehead atoms. The van der Waals surface area contributed by atoms with Crippen LogP contribution in [0.2, 0.25) is 0 Å². The van der Waals surface area contributed by atoms with Gasteiger partial charge in [-0.1, -0.05) is 321 Å². The minimum Gasteiger partial charge on any atom is -0.466 e. The molecule has 0 aromatic heterocycles. The SMILES string of the molecule is CCCCCCCC/C=C\CCCCCCCCCC(=O)OCCCCCCCCCCCCCC/C=C\CCCCCCCCCCCC(=O)NC(CO)C(O)CCCCCCCCCCCCCCCCCCC. The highest BCUT2D eigenvalue weighted by atomic mass is 16.5. The van der Waals surface area contributed by atoms with Crippen LogP contribution in [-0.4, -0.2) is 47.4 Å². The van der Waals surface area contributed by atoms with E-state index in [1.54, 1.807) is 0 Å². The molecule has 2 unspecified atom stereocenters. The highest BCUT2D eigenvalue weighted by Crippen LogP contribution is 2.18. The van der Waals surface area contributed by atoms with E-state index in [4.69, 9.17) is 4.74 Å². The molecule has 0 saturated carbocycles. The number of aliphatic hydroxyl groups is 2. The third-order valence-electron chi connectivity index (χ3n) is 16.2. The summed E-state index contributed by atoms with van der Waals surface area (Å²) in [6.07, 6.45) is 82.1. The lowest BCUT2D eigenvalue weighted by Crippen LogP contribution is -2.45. The molecule has 1 amide bonds. The molecular weight excluding hydrogens is 935 g/mol. The van der Waals surface area contributed by atoms with Crippen molar-refractivity contribution in [3.8, 4) is 0 Å². The highest BCUT2D eigenvalue weighted by molar-refractivity contribution is 5.76. The third kappa shape index (κ3) is 61.6. The van der Waals surface area contributed by atoms with Crippen molar-refractivity contribution < 1.29 is 24.5 Å². The smallest absolute Gasteiger partial charge is 0.305 e. The van der Waals surface area contributed by atoms with E-state index in [0.717, 1.165) is 44.9 Å². The first-order chi connectivity index (χ1) is 37.5. The van der Waals surface area contributed by atoms with Crippen molar-refractivity contribution in [2.24, 2.45) is 0 Å². The van der Waals surface area contributed by atoms with Gasteiger partial charge >= 0.3 is 5.97 Å². The average molecular weight is 1070 g/mol. The highest BCUT2D eigenvalue weighted by Gasteiger charge is 2.20. The zero-order valence-electron chi connectivity index (χ0n) is 51.5. The van der Waals surface area contributed by atoms with Gasteiger partial charge in [0.25, 0.3) is 0 Å². The first-order valence-electron chi connectivity index (χ1n) is 34.6. The molecule has 6 nitrogen and oxygen atoms in total. The molecule has 0 radical (unpaired) electrons. The summed E-state index contributed by atoms with van der Waals surface area (Å²) in [5.41, 5.74) is 0. The molecule has 0 aliphatic heterocycles. The number of amides is 1. The van der Waals surface area contributed by atoms with Gasteiger partial charge in [0, 0.05) is 12.8 Å². The molecule has 0 aliphatic rings. The zero-order chi connectivity index (χ0) is 55.0. The normalized spacial score (nSPS) is 12.6. The number of nitrogens with one attached hydrogen (secondary N) is 1. The summed E-state index contributed by atoms with van der Waals surface area (Å²) in [5, 5.41) is 23.4. The van der Waals surface area contributed by atoms with Crippen LogP contribution in [0.1, 0.15) is 386 Å². The molecule has 76 heavy (non-hydrogen) atoms. The Morgan fingerprint density at radius 2 is 0.618 bits per heavy atom. The van der Waals surface area contributed by atoms with Crippen LogP contribution in [0, 0.1) is 0 Å². The number of ether oxygens (including phenoxy) is 1. The summed E-state index contributed by atoms with van der Waals surface area (Å²) in [6, 6.07) is -0.544.